The van der Waals surface area contributed by atoms with Gasteiger partial charge in [0.05, 0.1) is 0 Å². The fourth-order valence-corrected chi connectivity index (χ4v) is 2.04. The minimum Gasteiger partial charge on any atom is -0.507 e. The number of hydrogen-bond donors (Lipinski definition) is 2. The summed E-state index contributed by atoms with van der Waals surface area (Å²) < 4.78 is 14.4. The van der Waals surface area contributed by atoms with E-state index in [-0.39, 0.29) is 16.9 Å². The molecule has 0 spiro atoms. The third kappa shape index (κ3) is 2.56. The molecule has 0 amide bonds. The summed E-state index contributed by atoms with van der Waals surface area (Å²) in [6.45, 7) is 1.83. The fraction of sp³-hybridized carbons (Fsp3) is 0.188. The van der Waals surface area contributed by atoms with Crippen molar-refractivity contribution in [3.05, 3.63) is 65.0 Å². The first-order chi connectivity index (χ1) is 9.56. The topological polar surface area (TPSA) is 63.3 Å². The standard InChI is InChI=1S/C16H16FNO2/c1-2-12(18)11-8-9-13(19)14(15(11)17)16(20)10-6-4-3-5-7-10/h3-9,12,19H,2,18H2,1H3/t12-/m1/s1. The van der Waals surface area contributed by atoms with E-state index in [0.717, 1.165) is 0 Å². The Kier molecular flexibility index (Phi) is 4.15. The van der Waals surface area contributed by atoms with Crippen LogP contribution in [0.15, 0.2) is 42.5 Å². The van der Waals surface area contributed by atoms with E-state index in [4.69, 9.17) is 5.73 Å². The molecule has 2 aromatic rings. The van der Waals surface area contributed by atoms with E-state index in [0.29, 0.717) is 12.0 Å². The van der Waals surface area contributed by atoms with Crippen molar-refractivity contribution in [1.82, 2.24) is 0 Å². The Hall–Kier alpha value is -2.20. The number of carbonyl (C=O) groups is 1. The lowest BCUT2D eigenvalue weighted by atomic mass is 9.96. The van der Waals surface area contributed by atoms with Crippen molar-refractivity contribution >= 4 is 5.78 Å². The van der Waals surface area contributed by atoms with Crippen molar-refractivity contribution in [3.63, 3.8) is 0 Å². The van der Waals surface area contributed by atoms with Crippen molar-refractivity contribution in [2.75, 3.05) is 0 Å². The van der Waals surface area contributed by atoms with Gasteiger partial charge in [0, 0.05) is 17.2 Å². The third-order valence-corrected chi connectivity index (χ3v) is 3.25. The molecule has 2 rings (SSSR count). The number of carbonyl (C=O) groups excluding carboxylic acids is 1. The Morgan fingerprint density at radius 2 is 1.90 bits per heavy atom. The van der Waals surface area contributed by atoms with Gasteiger partial charge in [-0.3, -0.25) is 4.79 Å². The van der Waals surface area contributed by atoms with Crippen LogP contribution in [0.5, 0.6) is 5.75 Å². The molecule has 0 aliphatic carbocycles. The van der Waals surface area contributed by atoms with Crippen LogP contribution in [0.3, 0.4) is 0 Å². The average molecular weight is 273 g/mol. The molecule has 0 aliphatic rings. The molecule has 0 bridgehead atoms. The van der Waals surface area contributed by atoms with E-state index in [2.05, 4.69) is 0 Å². The summed E-state index contributed by atoms with van der Waals surface area (Å²) in [5, 5.41) is 9.80. The summed E-state index contributed by atoms with van der Waals surface area (Å²) in [5.41, 5.74) is 6.06. The maximum Gasteiger partial charge on any atom is 0.199 e. The van der Waals surface area contributed by atoms with E-state index in [1.54, 1.807) is 30.3 Å². The second-order valence-corrected chi connectivity index (χ2v) is 4.57. The minimum atomic E-state index is -0.742. The van der Waals surface area contributed by atoms with Crippen LogP contribution in [-0.2, 0) is 0 Å². The van der Waals surface area contributed by atoms with Crippen molar-refractivity contribution in [1.29, 1.82) is 0 Å². The zero-order valence-corrected chi connectivity index (χ0v) is 11.1. The fourth-order valence-electron chi connectivity index (χ4n) is 2.04. The number of hydrogen-bond acceptors (Lipinski definition) is 3. The number of phenolic OH excluding ortho intramolecular Hbond substituents is 1. The highest BCUT2D eigenvalue weighted by molar-refractivity contribution is 6.10. The van der Waals surface area contributed by atoms with Crippen LogP contribution in [0.25, 0.3) is 0 Å². The zero-order chi connectivity index (χ0) is 14.7. The lowest BCUT2D eigenvalue weighted by molar-refractivity contribution is 0.103. The molecule has 4 heteroatoms. The Morgan fingerprint density at radius 1 is 1.25 bits per heavy atom. The van der Waals surface area contributed by atoms with Gasteiger partial charge in [0.1, 0.15) is 17.1 Å². The predicted octanol–water partition coefficient (Wildman–Crippen LogP) is 3.17. The highest BCUT2D eigenvalue weighted by atomic mass is 19.1. The Balaban J connectivity index is 2.54. The van der Waals surface area contributed by atoms with Crippen LogP contribution in [0.1, 0.15) is 40.9 Å². The van der Waals surface area contributed by atoms with Crippen LogP contribution in [0.2, 0.25) is 0 Å². The number of halogens is 1. The first kappa shape index (κ1) is 14.2. The van der Waals surface area contributed by atoms with Crippen molar-refractivity contribution in [2.24, 2.45) is 5.73 Å². The molecule has 0 radical (unpaired) electrons. The SMILES string of the molecule is CC[C@@H](N)c1ccc(O)c(C(=O)c2ccccc2)c1F. The number of benzene rings is 2. The van der Waals surface area contributed by atoms with Crippen LogP contribution < -0.4 is 5.73 Å². The molecule has 0 unspecified atom stereocenters. The van der Waals surface area contributed by atoms with E-state index in [1.165, 1.54) is 12.1 Å². The summed E-state index contributed by atoms with van der Waals surface area (Å²) in [6.07, 6.45) is 0.542. The van der Waals surface area contributed by atoms with Crippen LogP contribution in [-0.4, -0.2) is 10.9 Å². The van der Waals surface area contributed by atoms with Gasteiger partial charge in [-0.15, -0.1) is 0 Å². The quantitative estimate of drug-likeness (QED) is 0.841. The molecule has 0 saturated carbocycles. The Labute approximate surface area is 116 Å². The molecule has 20 heavy (non-hydrogen) atoms. The van der Waals surface area contributed by atoms with E-state index >= 15 is 0 Å². The highest BCUT2D eigenvalue weighted by Gasteiger charge is 2.23. The first-order valence-corrected chi connectivity index (χ1v) is 6.43. The number of phenols is 1. The summed E-state index contributed by atoms with van der Waals surface area (Å²) in [5.74, 6) is -1.66. The Bertz CT molecular complexity index is 626. The lowest BCUT2D eigenvalue weighted by Gasteiger charge is -2.14. The molecule has 0 heterocycles. The Morgan fingerprint density at radius 3 is 2.50 bits per heavy atom. The summed E-state index contributed by atoms with van der Waals surface area (Å²) in [6, 6.07) is 10.5. The van der Waals surface area contributed by atoms with Gasteiger partial charge in [-0.1, -0.05) is 43.3 Å². The van der Waals surface area contributed by atoms with Gasteiger partial charge in [-0.2, -0.15) is 0 Å². The van der Waals surface area contributed by atoms with Crippen molar-refractivity contribution < 1.29 is 14.3 Å². The zero-order valence-electron chi connectivity index (χ0n) is 11.1. The molecule has 0 aliphatic heterocycles. The smallest absolute Gasteiger partial charge is 0.199 e. The van der Waals surface area contributed by atoms with Gasteiger partial charge in [0.2, 0.25) is 0 Å². The van der Waals surface area contributed by atoms with E-state index < -0.39 is 17.6 Å². The van der Waals surface area contributed by atoms with Gasteiger partial charge < -0.3 is 10.8 Å². The van der Waals surface area contributed by atoms with Gasteiger partial charge in [-0.25, -0.2) is 4.39 Å². The van der Waals surface area contributed by atoms with Crippen LogP contribution in [0.4, 0.5) is 4.39 Å². The number of rotatable bonds is 4. The molecule has 0 saturated heterocycles. The highest BCUT2D eigenvalue weighted by Crippen LogP contribution is 2.29. The second-order valence-electron chi connectivity index (χ2n) is 4.57. The average Bonchev–Trinajstić information content (AvgIpc) is 2.47. The third-order valence-electron chi connectivity index (χ3n) is 3.25. The molecule has 104 valence electrons. The molecule has 3 N–H and O–H groups in total. The second kappa shape index (κ2) is 5.84. The number of ketones is 1. The normalized spacial score (nSPS) is 12.2. The maximum absolute atomic E-state index is 14.4. The predicted molar refractivity (Wildman–Crippen MR) is 75.2 cm³/mol. The summed E-state index contributed by atoms with van der Waals surface area (Å²) >= 11 is 0. The molecule has 0 fully saturated rings. The molecular weight excluding hydrogens is 257 g/mol. The molecule has 0 aromatic heterocycles. The molecular formula is C16H16FNO2. The van der Waals surface area contributed by atoms with Gasteiger partial charge >= 0.3 is 0 Å². The summed E-state index contributed by atoms with van der Waals surface area (Å²) in [7, 11) is 0. The number of nitrogens with two attached hydrogens (primary N) is 1. The van der Waals surface area contributed by atoms with Crippen molar-refractivity contribution in [2.45, 2.75) is 19.4 Å². The lowest BCUT2D eigenvalue weighted by Crippen LogP contribution is -2.14. The van der Waals surface area contributed by atoms with Gasteiger partial charge in [0.15, 0.2) is 5.78 Å². The van der Waals surface area contributed by atoms with Crippen molar-refractivity contribution in [3.8, 4) is 5.75 Å². The van der Waals surface area contributed by atoms with E-state index in [1.807, 2.05) is 6.92 Å². The minimum absolute atomic E-state index is 0.240. The monoisotopic (exact) mass is 273 g/mol. The first-order valence-electron chi connectivity index (χ1n) is 6.43. The maximum atomic E-state index is 14.4. The van der Waals surface area contributed by atoms with E-state index in [9.17, 15) is 14.3 Å². The van der Waals surface area contributed by atoms with Gasteiger partial charge in [-0.05, 0) is 12.5 Å². The molecule has 3 nitrogen and oxygen atoms in total. The summed E-state index contributed by atoms with van der Waals surface area (Å²) in [4.78, 5) is 12.3. The largest absolute Gasteiger partial charge is 0.507 e. The van der Waals surface area contributed by atoms with Crippen LogP contribution >= 0.6 is 0 Å². The molecule has 1 atom stereocenters. The number of aromatic hydroxyl groups is 1. The van der Waals surface area contributed by atoms with Gasteiger partial charge in [0.25, 0.3) is 0 Å². The molecule has 2 aromatic carbocycles. The van der Waals surface area contributed by atoms with Crippen LogP contribution in [0, 0.1) is 5.82 Å².